The zero-order valence-corrected chi connectivity index (χ0v) is 8.67. The molecule has 1 aromatic rings. The standard InChI is InChI=1S/C12H15FN2/c13-12(5-7-14-8-12)10-4-3-9-2-1-6-15-11(9)10/h1-2,6,10,14H,3-5,7-8H2. The van der Waals surface area contributed by atoms with Crippen LogP contribution in [0.2, 0.25) is 0 Å². The predicted octanol–water partition coefficient (Wildman–Crippen LogP) is 1.81. The lowest BCUT2D eigenvalue weighted by Crippen LogP contribution is -2.33. The van der Waals surface area contributed by atoms with Gasteiger partial charge in [0.1, 0.15) is 5.67 Å². The molecular formula is C12H15FN2. The Morgan fingerprint density at radius 2 is 2.47 bits per heavy atom. The number of aromatic nitrogens is 1. The Bertz CT molecular complexity index is 372. The maximum Gasteiger partial charge on any atom is 0.132 e. The van der Waals surface area contributed by atoms with Gasteiger partial charge in [-0.25, -0.2) is 4.39 Å². The van der Waals surface area contributed by atoms with E-state index in [0.717, 1.165) is 25.1 Å². The Labute approximate surface area is 88.9 Å². The van der Waals surface area contributed by atoms with Crippen LogP contribution in [0.4, 0.5) is 4.39 Å². The molecule has 1 saturated heterocycles. The molecule has 0 bridgehead atoms. The topological polar surface area (TPSA) is 24.9 Å². The minimum Gasteiger partial charge on any atom is -0.313 e. The van der Waals surface area contributed by atoms with Crippen LogP contribution >= 0.6 is 0 Å². The minimum atomic E-state index is -1.06. The first-order valence-electron chi connectivity index (χ1n) is 5.63. The molecule has 0 radical (unpaired) electrons. The third-order valence-electron chi connectivity index (χ3n) is 3.72. The fourth-order valence-electron chi connectivity index (χ4n) is 2.89. The van der Waals surface area contributed by atoms with Crippen molar-refractivity contribution in [3.05, 3.63) is 29.6 Å². The van der Waals surface area contributed by atoms with Crippen LogP contribution in [0.15, 0.2) is 18.3 Å². The zero-order valence-electron chi connectivity index (χ0n) is 8.67. The smallest absolute Gasteiger partial charge is 0.132 e. The Hall–Kier alpha value is -0.960. The van der Waals surface area contributed by atoms with Gasteiger partial charge in [0.05, 0.1) is 0 Å². The number of hydrogen-bond acceptors (Lipinski definition) is 2. The van der Waals surface area contributed by atoms with Crippen molar-refractivity contribution < 1.29 is 4.39 Å². The van der Waals surface area contributed by atoms with Crippen molar-refractivity contribution in [3.63, 3.8) is 0 Å². The van der Waals surface area contributed by atoms with Crippen LogP contribution in [0.25, 0.3) is 0 Å². The molecule has 80 valence electrons. The number of rotatable bonds is 1. The summed E-state index contributed by atoms with van der Waals surface area (Å²) >= 11 is 0. The number of fused-ring (bicyclic) bond motifs is 1. The van der Waals surface area contributed by atoms with Crippen LogP contribution in [0, 0.1) is 0 Å². The van der Waals surface area contributed by atoms with Crippen molar-refractivity contribution in [1.29, 1.82) is 0 Å². The van der Waals surface area contributed by atoms with E-state index in [2.05, 4.69) is 16.4 Å². The molecule has 2 heterocycles. The van der Waals surface area contributed by atoms with E-state index in [0.29, 0.717) is 13.0 Å². The van der Waals surface area contributed by atoms with Crippen molar-refractivity contribution >= 4 is 0 Å². The Morgan fingerprint density at radius 1 is 1.53 bits per heavy atom. The number of nitrogens with one attached hydrogen (secondary N) is 1. The summed E-state index contributed by atoms with van der Waals surface area (Å²) in [6.45, 7) is 1.29. The average Bonchev–Trinajstić information content (AvgIpc) is 2.84. The molecule has 15 heavy (non-hydrogen) atoms. The lowest BCUT2D eigenvalue weighted by Gasteiger charge is -2.25. The normalized spacial score (nSPS) is 34.3. The summed E-state index contributed by atoms with van der Waals surface area (Å²) in [4.78, 5) is 4.36. The van der Waals surface area contributed by atoms with Gasteiger partial charge < -0.3 is 5.32 Å². The van der Waals surface area contributed by atoms with Crippen LogP contribution in [-0.2, 0) is 6.42 Å². The second kappa shape index (κ2) is 3.27. The highest BCUT2D eigenvalue weighted by Crippen LogP contribution is 2.44. The Kier molecular flexibility index (Phi) is 2.02. The van der Waals surface area contributed by atoms with Crippen LogP contribution in [0.5, 0.6) is 0 Å². The maximum absolute atomic E-state index is 14.6. The van der Waals surface area contributed by atoms with Gasteiger partial charge in [0.15, 0.2) is 0 Å². The summed E-state index contributed by atoms with van der Waals surface area (Å²) in [7, 11) is 0. The van der Waals surface area contributed by atoms with Crippen molar-refractivity contribution in [1.82, 2.24) is 10.3 Å². The summed E-state index contributed by atoms with van der Waals surface area (Å²) in [5.74, 6) is 0.0173. The molecule has 0 aromatic carbocycles. The second-order valence-electron chi connectivity index (χ2n) is 4.60. The van der Waals surface area contributed by atoms with Gasteiger partial charge in [-0.2, -0.15) is 0 Å². The molecule has 1 aliphatic heterocycles. The summed E-state index contributed by atoms with van der Waals surface area (Å²) in [6, 6.07) is 4.02. The number of pyridine rings is 1. The fraction of sp³-hybridized carbons (Fsp3) is 0.583. The van der Waals surface area contributed by atoms with E-state index in [1.807, 2.05) is 6.07 Å². The lowest BCUT2D eigenvalue weighted by molar-refractivity contribution is 0.145. The van der Waals surface area contributed by atoms with Gasteiger partial charge in [-0.3, -0.25) is 4.98 Å². The highest BCUT2D eigenvalue weighted by molar-refractivity contribution is 5.31. The predicted molar refractivity (Wildman–Crippen MR) is 56.6 cm³/mol. The molecule has 0 spiro atoms. The molecule has 2 aliphatic rings. The Balaban J connectivity index is 1.96. The van der Waals surface area contributed by atoms with Gasteiger partial charge in [-0.05, 0) is 37.4 Å². The summed E-state index contributed by atoms with van der Waals surface area (Å²) in [6.07, 6.45) is 4.32. The van der Waals surface area contributed by atoms with Gasteiger partial charge in [0, 0.05) is 24.4 Å². The van der Waals surface area contributed by atoms with Gasteiger partial charge in [-0.15, -0.1) is 0 Å². The lowest BCUT2D eigenvalue weighted by atomic mass is 9.86. The number of alkyl halides is 1. The summed E-state index contributed by atoms with van der Waals surface area (Å²) < 4.78 is 14.6. The van der Waals surface area contributed by atoms with E-state index >= 15 is 0 Å². The van der Waals surface area contributed by atoms with Crippen molar-refractivity contribution in [3.8, 4) is 0 Å². The molecule has 1 N–H and O–H groups in total. The fourth-order valence-corrected chi connectivity index (χ4v) is 2.89. The molecule has 2 nitrogen and oxygen atoms in total. The van der Waals surface area contributed by atoms with E-state index < -0.39 is 5.67 Å². The molecule has 2 atom stereocenters. The van der Waals surface area contributed by atoms with E-state index in [1.165, 1.54) is 5.56 Å². The van der Waals surface area contributed by atoms with Gasteiger partial charge >= 0.3 is 0 Å². The molecule has 1 aliphatic carbocycles. The highest BCUT2D eigenvalue weighted by Gasteiger charge is 2.45. The third-order valence-corrected chi connectivity index (χ3v) is 3.72. The van der Waals surface area contributed by atoms with Gasteiger partial charge in [0.2, 0.25) is 0 Å². The van der Waals surface area contributed by atoms with Crippen molar-refractivity contribution in [2.24, 2.45) is 0 Å². The first kappa shape index (κ1) is 9.28. The molecular weight excluding hydrogens is 191 g/mol. The van der Waals surface area contributed by atoms with Crippen LogP contribution in [0.3, 0.4) is 0 Å². The number of aryl methyl sites for hydroxylation is 1. The molecule has 3 rings (SSSR count). The number of halogens is 1. The maximum atomic E-state index is 14.6. The SMILES string of the molecule is FC1(C2CCc3cccnc32)CCNC1. The highest BCUT2D eigenvalue weighted by atomic mass is 19.1. The van der Waals surface area contributed by atoms with Crippen LogP contribution < -0.4 is 5.32 Å². The molecule has 3 heteroatoms. The van der Waals surface area contributed by atoms with Crippen molar-refractivity contribution in [2.45, 2.75) is 30.8 Å². The number of nitrogens with zero attached hydrogens (tertiary/aromatic N) is 1. The number of hydrogen-bond donors (Lipinski definition) is 1. The van der Waals surface area contributed by atoms with Gasteiger partial charge in [0.25, 0.3) is 0 Å². The van der Waals surface area contributed by atoms with Gasteiger partial charge in [-0.1, -0.05) is 6.07 Å². The zero-order chi connectivity index (χ0) is 10.3. The first-order chi connectivity index (χ1) is 7.30. The Morgan fingerprint density at radius 3 is 3.27 bits per heavy atom. The largest absolute Gasteiger partial charge is 0.313 e. The second-order valence-corrected chi connectivity index (χ2v) is 4.60. The summed E-state index contributed by atoms with van der Waals surface area (Å²) in [5.41, 5.74) is 1.19. The molecule has 2 unspecified atom stereocenters. The van der Waals surface area contributed by atoms with E-state index in [9.17, 15) is 4.39 Å². The van der Waals surface area contributed by atoms with Crippen LogP contribution in [-0.4, -0.2) is 23.7 Å². The van der Waals surface area contributed by atoms with E-state index in [-0.39, 0.29) is 5.92 Å². The average molecular weight is 206 g/mol. The molecule has 0 amide bonds. The van der Waals surface area contributed by atoms with Crippen LogP contribution in [0.1, 0.15) is 30.0 Å². The minimum absolute atomic E-state index is 0.0173. The summed E-state index contributed by atoms with van der Waals surface area (Å²) in [5, 5.41) is 3.12. The first-order valence-corrected chi connectivity index (χ1v) is 5.63. The van der Waals surface area contributed by atoms with Crippen molar-refractivity contribution in [2.75, 3.05) is 13.1 Å². The van der Waals surface area contributed by atoms with E-state index in [1.54, 1.807) is 6.20 Å². The molecule has 1 aromatic heterocycles. The quantitative estimate of drug-likeness (QED) is 0.758. The van der Waals surface area contributed by atoms with E-state index in [4.69, 9.17) is 0 Å². The molecule has 0 saturated carbocycles. The molecule has 1 fully saturated rings. The third kappa shape index (κ3) is 1.37. The monoisotopic (exact) mass is 206 g/mol.